The van der Waals surface area contributed by atoms with Crippen molar-refractivity contribution in [2.24, 2.45) is 0 Å². The summed E-state index contributed by atoms with van der Waals surface area (Å²) in [6, 6.07) is 6.79. The zero-order chi connectivity index (χ0) is 8.97. The average Bonchev–Trinajstić information content (AvgIpc) is 2.17. The molecule has 0 aliphatic rings. The molecule has 0 atom stereocenters. The number of benzene rings is 1. The molecule has 0 aromatic heterocycles. The molecule has 0 radical (unpaired) electrons. The van der Waals surface area contributed by atoms with Crippen molar-refractivity contribution in [1.82, 2.24) is 0 Å². The Morgan fingerprint density at radius 3 is 2.92 bits per heavy atom. The van der Waals surface area contributed by atoms with E-state index in [-0.39, 0.29) is 5.78 Å². The molecule has 1 aromatic carbocycles. The van der Waals surface area contributed by atoms with Crippen LogP contribution in [0.3, 0.4) is 0 Å². The van der Waals surface area contributed by atoms with E-state index in [0.29, 0.717) is 17.7 Å². The molecule has 2 heteroatoms. The number of Topliss-reactive ketones (excluding diaryl/α,β-unsaturated/α-hetero) is 1. The molecule has 60 valence electrons. The molecule has 0 bridgehead atoms. The Labute approximate surface area is 71.7 Å². The molecular formula is C10H9NO. The third-order valence-corrected chi connectivity index (χ3v) is 1.62. The summed E-state index contributed by atoms with van der Waals surface area (Å²) < 4.78 is 0. The Bertz CT molecular complexity index is 336. The Hall–Kier alpha value is -1.62. The lowest BCUT2D eigenvalue weighted by Gasteiger charge is -1.96. The van der Waals surface area contributed by atoms with Crippen molar-refractivity contribution in [3.8, 4) is 0 Å². The number of carbonyl (C=O) groups excluding carboxylic acids is 1. The lowest BCUT2D eigenvalue weighted by atomic mass is 10.1. The standard InChI is InChI=1S/C10H9NO/c1-3-10(12)8-5-4-6-9(7-8)11-2/h4-7H,3H2,1H3. The van der Waals surface area contributed by atoms with E-state index in [2.05, 4.69) is 4.85 Å². The van der Waals surface area contributed by atoms with E-state index in [1.165, 1.54) is 0 Å². The Morgan fingerprint density at radius 2 is 2.33 bits per heavy atom. The van der Waals surface area contributed by atoms with Crippen LogP contribution in [0.4, 0.5) is 5.69 Å². The molecule has 1 rings (SSSR count). The average molecular weight is 159 g/mol. The van der Waals surface area contributed by atoms with Crippen LogP contribution in [0.25, 0.3) is 4.85 Å². The molecule has 0 fully saturated rings. The molecule has 0 aliphatic carbocycles. The van der Waals surface area contributed by atoms with Gasteiger partial charge in [0, 0.05) is 12.0 Å². The summed E-state index contributed by atoms with van der Waals surface area (Å²) in [5, 5.41) is 0. The smallest absolute Gasteiger partial charge is 0.187 e. The van der Waals surface area contributed by atoms with Crippen LogP contribution in [-0.2, 0) is 0 Å². The van der Waals surface area contributed by atoms with Crippen molar-refractivity contribution in [3.05, 3.63) is 41.2 Å². The molecule has 0 unspecified atom stereocenters. The SMILES string of the molecule is [C-]#[N+]c1cccc(C(=O)CC)c1. The van der Waals surface area contributed by atoms with E-state index in [1.807, 2.05) is 6.92 Å². The number of ketones is 1. The number of nitrogens with zero attached hydrogens (tertiary/aromatic N) is 1. The minimum Gasteiger partial charge on any atom is -0.294 e. The van der Waals surface area contributed by atoms with Gasteiger partial charge in [0.25, 0.3) is 0 Å². The monoisotopic (exact) mass is 159 g/mol. The first-order valence-corrected chi connectivity index (χ1v) is 3.78. The summed E-state index contributed by atoms with van der Waals surface area (Å²) in [5.41, 5.74) is 1.15. The summed E-state index contributed by atoms with van der Waals surface area (Å²) >= 11 is 0. The Morgan fingerprint density at radius 1 is 1.58 bits per heavy atom. The summed E-state index contributed by atoms with van der Waals surface area (Å²) in [6.07, 6.45) is 0.488. The Balaban J connectivity index is 3.04. The van der Waals surface area contributed by atoms with Gasteiger partial charge in [-0.2, -0.15) is 0 Å². The van der Waals surface area contributed by atoms with Gasteiger partial charge in [0.1, 0.15) is 0 Å². The zero-order valence-electron chi connectivity index (χ0n) is 6.87. The molecule has 12 heavy (non-hydrogen) atoms. The zero-order valence-corrected chi connectivity index (χ0v) is 6.87. The minimum atomic E-state index is 0.0838. The van der Waals surface area contributed by atoms with Crippen LogP contribution in [0.1, 0.15) is 23.7 Å². The maximum absolute atomic E-state index is 11.2. The molecule has 2 nitrogen and oxygen atoms in total. The third-order valence-electron chi connectivity index (χ3n) is 1.62. The van der Waals surface area contributed by atoms with Crippen LogP contribution in [0.2, 0.25) is 0 Å². The van der Waals surface area contributed by atoms with Crippen LogP contribution >= 0.6 is 0 Å². The van der Waals surface area contributed by atoms with Gasteiger partial charge in [-0.25, -0.2) is 4.85 Å². The topological polar surface area (TPSA) is 21.4 Å². The van der Waals surface area contributed by atoms with Crippen molar-refractivity contribution in [1.29, 1.82) is 0 Å². The lowest BCUT2D eigenvalue weighted by Crippen LogP contribution is -1.94. The predicted octanol–water partition coefficient (Wildman–Crippen LogP) is 2.83. The van der Waals surface area contributed by atoms with Gasteiger partial charge in [-0.3, -0.25) is 4.79 Å². The highest BCUT2D eigenvalue weighted by molar-refractivity contribution is 5.96. The van der Waals surface area contributed by atoms with E-state index < -0.39 is 0 Å². The fraction of sp³-hybridized carbons (Fsp3) is 0.200. The van der Waals surface area contributed by atoms with Crippen molar-refractivity contribution >= 4 is 11.5 Å². The molecule has 0 spiro atoms. The van der Waals surface area contributed by atoms with Gasteiger partial charge in [-0.05, 0) is 6.07 Å². The van der Waals surface area contributed by atoms with Gasteiger partial charge in [-0.1, -0.05) is 25.1 Å². The normalized spacial score (nSPS) is 9.00. The molecule has 0 aliphatic heterocycles. The van der Waals surface area contributed by atoms with Gasteiger partial charge in [0.05, 0.1) is 6.57 Å². The summed E-state index contributed by atoms with van der Waals surface area (Å²) in [6.45, 7) is 8.56. The predicted molar refractivity (Wildman–Crippen MR) is 47.3 cm³/mol. The van der Waals surface area contributed by atoms with E-state index >= 15 is 0 Å². The molecular weight excluding hydrogens is 150 g/mol. The number of hydrogen-bond acceptors (Lipinski definition) is 1. The number of carbonyl (C=O) groups is 1. The van der Waals surface area contributed by atoms with Crippen molar-refractivity contribution in [3.63, 3.8) is 0 Å². The van der Waals surface area contributed by atoms with E-state index in [0.717, 1.165) is 0 Å². The highest BCUT2D eigenvalue weighted by Gasteiger charge is 2.02. The first-order valence-electron chi connectivity index (χ1n) is 3.78. The molecule has 0 amide bonds. The first kappa shape index (κ1) is 8.48. The maximum atomic E-state index is 11.2. The highest BCUT2D eigenvalue weighted by Crippen LogP contribution is 2.14. The van der Waals surface area contributed by atoms with Crippen LogP contribution in [0.15, 0.2) is 24.3 Å². The van der Waals surface area contributed by atoms with Gasteiger partial charge in [0.15, 0.2) is 11.5 Å². The summed E-state index contributed by atoms with van der Waals surface area (Å²) in [5.74, 6) is 0.0838. The second kappa shape index (κ2) is 3.68. The van der Waals surface area contributed by atoms with Crippen LogP contribution in [0.5, 0.6) is 0 Å². The van der Waals surface area contributed by atoms with E-state index in [9.17, 15) is 4.79 Å². The second-order valence-corrected chi connectivity index (χ2v) is 2.44. The molecule has 0 heterocycles. The fourth-order valence-electron chi connectivity index (χ4n) is 0.953. The largest absolute Gasteiger partial charge is 0.294 e. The maximum Gasteiger partial charge on any atom is 0.187 e. The Kier molecular flexibility index (Phi) is 2.60. The quantitative estimate of drug-likeness (QED) is 0.480. The fourth-order valence-corrected chi connectivity index (χ4v) is 0.953. The van der Waals surface area contributed by atoms with Gasteiger partial charge < -0.3 is 0 Å². The van der Waals surface area contributed by atoms with E-state index in [1.54, 1.807) is 24.3 Å². The number of hydrogen-bond donors (Lipinski definition) is 0. The first-order chi connectivity index (χ1) is 5.77. The number of rotatable bonds is 2. The van der Waals surface area contributed by atoms with Crippen molar-refractivity contribution in [2.45, 2.75) is 13.3 Å². The summed E-state index contributed by atoms with van der Waals surface area (Å²) in [4.78, 5) is 14.4. The van der Waals surface area contributed by atoms with Gasteiger partial charge in [-0.15, -0.1) is 0 Å². The molecule has 0 saturated heterocycles. The summed E-state index contributed by atoms with van der Waals surface area (Å²) in [7, 11) is 0. The molecule has 0 saturated carbocycles. The van der Waals surface area contributed by atoms with Crippen LogP contribution < -0.4 is 0 Å². The minimum absolute atomic E-state index is 0.0838. The van der Waals surface area contributed by atoms with Gasteiger partial charge >= 0.3 is 0 Å². The van der Waals surface area contributed by atoms with Crippen LogP contribution in [-0.4, -0.2) is 5.78 Å². The highest BCUT2D eigenvalue weighted by atomic mass is 16.1. The van der Waals surface area contributed by atoms with Crippen molar-refractivity contribution < 1.29 is 4.79 Å². The molecule has 0 N–H and O–H groups in total. The van der Waals surface area contributed by atoms with E-state index in [4.69, 9.17) is 6.57 Å². The lowest BCUT2D eigenvalue weighted by molar-refractivity contribution is 0.0988. The molecule has 1 aromatic rings. The van der Waals surface area contributed by atoms with Crippen molar-refractivity contribution in [2.75, 3.05) is 0 Å². The second-order valence-electron chi connectivity index (χ2n) is 2.44. The van der Waals surface area contributed by atoms with Gasteiger partial charge in [0.2, 0.25) is 0 Å². The third kappa shape index (κ3) is 1.70. The van der Waals surface area contributed by atoms with Crippen LogP contribution in [0, 0.1) is 6.57 Å².